The molecule has 1 aromatic heterocycles. The first-order chi connectivity index (χ1) is 14.0. The third-order valence-electron chi connectivity index (χ3n) is 5.73. The van der Waals surface area contributed by atoms with Crippen molar-refractivity contribution in [3.63, 3.8) is 0 Å². The summed E-state index contributed by atoms with van der Waals surface area (Å²) in [4.78, 5) is 27.6. The van der Waals surface area contributed by atoms with Gasteiger partial charge in [0.2, 0.25) is 11.8 Å². The van der Waals surface area contributed by atoms with Crippen molar-refractivity contribution in [2.45, 2.75) is 44.8 Å². The molecule has 2 fully saturated rings. The minimum atomic E-state index is -0.437. The zero-order chi connectivity index (χ0) is 20.4. The van der Waals surface area contributed by atoms with Gasteiger partial charge in [-0.15, -0.1) is 5.10 Å². The first kappa shape index (κ1) is 19.8. The molecule has 0 saturated carbocycles. The average molecular weight is 418 g/mol. The first-order valence-corrected chi connectivity index (χ1v) is 10.3. The van der Waals surface area contributed by atoms with Crippen molar-refractivity contribution in [3.05, 3.63) is 35.1 Å². The molecule has 29 heavy (non-hydrogen) atoms. The van der Waals surface area contributed by atoms with Gasteiger partial charge in [0.25, 0.3) is 0 Å². The Morgan fingerprint density at radius 2 is 2.21 bits per heavy atom. The second-order valence-corrected chi connectivity index (χ2v) is 8.07. The molecule has 0 spiro atoms. The molecule has 2 aliphatic rings. The minimum absolute atomic E-state index is 0.0322. The molecule has 0 aliphatic carbocycles. The lowest BCUT2D eigenvalue weighted by Gasteiger charge is -2.28. The lowest BCUT2D eigenvalue weighted by molar-refractivity contribution is -0.140. The Morgan fingerprint density at radius 1 is 1.34 bits per heavy atom. The third-order valence-corrected chi connectivity index (χ3v) is 5.96. The molecule has 10 heteroatoms. The van der Waals surface area contributed by atoms with Crippen molar-refractivity contribution < 1.29 is 9.59 Å². The van der Waals surface area contributed by atoms with Crippen LogP contribution in [0.3, 0.4) is 0 Å². The highest BCUT2D eigenvalue weighted by Gasteiger charge is 2.40. The standard InChI is InChI=1S/C19H24ClN7O2/c1-12-6-7-21-17(12)19(29)26-8-2-3-16(26)18(28)22-10-13-9-14(20)4-5-15(13)27-11-23-24-25-27/h4-5,9,11-12,16-17,21H,2-3,6-8,10H2,1H3,(H,22,28). The second-order valence-electron chi connectivity index (χ2n) is 7.63. The number of tetrazole rings is 1. The first-order valence-electron chi connectivity index (χ1n) is 9.88. The van der Waals surface area contributed by atoms with Crippen molar-refractivity contribution in [1.29, 1.82) is 0 Å². The van der Waals surface area contributed by atoms with E-state index in [0.717, 1.165) is 30.6 Å². The Hall–Kier alpha value is -2.52. The molecular weight excluding hydrogens is 394 g/mol. The molecule has 9 nitrogen and oxygen atoms in total. The van der Waals surface area contributed by atoms with Gasteiger partial charge >= 0.3 is 0 Å². The summed E-state index contributed by atoms with van der Waals surface area (Å²) in [6.07, 6.45) is 3.98. The number of amides is 2. The van der Waals surface area contributed by atoms with E-state index < -0.39 is 6.04 Å². The van der Waals surface area contributed by atoms with E-state index in [1.807, 2.05) is 0 Å². The number of benzene rings is 1. The fourth-order valence-electron chi connectivity index (χ4n) is 4.14. The van der Waals surface area contributed by atoms with Crippen molar-refractivity contribution in [2.75, 3.05) is 13.1 Å². The SMILES string of the molecule is CC1CCNC1C(=O)N1CCCC1C(=O)NCc1cc(Cl)ccc1-n1cnnn1. The van der Waals surface area contributed by atoms with E-state index in [-0.39, 0.29) is 30.3 Å². The molecule has 0 radical (unpaired) electrons. The summed E-state index contributed by atoms with van der Waals surface area (Å²) in [6.45, 7) is 3.81. The number of likely N-dealkylation sites (tertiary alicyclic amines) is 1. The number of carbonyl (C=O) groups excluding carboxylic acids is 2. The van der Waals surface area contributed by atoms with Crippen molar-refractivity contribution in [2.24, 2.45) is 5.92 Å². The van der Waals surface area contributed by atoms with Gasteiger partial charge in [0.1, 0.15) is 12.4 Å². The van der Waals surface area contributed by atoms with Gasteiger partial charge in [0, 0.05) is 18.1 Å². The maximum absolute atomic E-state index is 12.9. The van der Waals surface area contributed by atoms with Gasteiger partial charge in [-0.3, -0.25) is 9.59 Å². The number of aromatic nitrogens is 4. The summed E-state index contributed by atoms with van der Waals surface area (Å²) in [5.74, 6) is 0.172. The molecule has 3 unspecified atom stereocenters. The van der Waals surface area contributed by atoms with E-state index in [0.29, 0.717) is 18.0 Å². The van der Waals surface area contributed by atoms with Crippen LogP contribution in [0.5, 0.6) is 0 Å². The Labute approximate surface area is 173 Å². The van der Waals surface area contributed by atoms with Crippen LogP contribution >= 0.6 is 11.6 Å². The molecule has 2 N–H and O–H groups in total. The Bertz CT molecular complexity index is 889. The molecule has 0 bridgehead atoms. The highest BCUT2D eigenvalue weighted by atomic mass is 35.5. The van der Waals surface area contributed by atoms with Crippen LogP contribution < -0.4 is 10.6 Å². The number of hydrogen-bond donors (Lipinski definition) is 2. The molecule has 4 rings (SSSR count). The van der Waals surface area contributed by atoms with E-state index >= 15 is 0 Å². The zero-order valence-electron chi connectivity index (χ0n) is 16.2. The molecule has 2 saturated heterocycles. The summed E-state index contributed by atoms with van der Waals surface area (Å²) in [7, 11) is 0. The average Bonchev–Trinajstić information content (AvgIpc) is 3.46. The summed E-state index contributed by atoms with van der Waals surface area (Å²) in [5, 5.41) is 18.0. The molecule has 2 amide bonds. The van der Waals surface area contributed by atoms with Gasteiger partial charge in [-0.05, 0) is 65.9 Å². The monoisotopic (exact) mass is 417 g/mol. The van der Waals surface area contributed by atoms with E-state index in [4.69, 9.17) is 11.6 Å². The van der Waals surface area contributed by atoms with Crippen LogP contribution in [0.15, 0.2) is 24.5 Å². The van der Waals surface area contributed by atoms with E-state index in [1.54, 1.807) is 23.1 Å². The predicted molar refractivity (Wildman–Crippen MR) is 106 cm³/mol. The Morgan fingerprint density at radius 3 is 2.93 bits per heavy atom. The summed E-state index contributed by atoms with van der Waals surface area (Å²) < 4.78 is 1.52. The van der Waals surface area contributed by atoms with Gasteiger partial charge in [-0.25, -0.2) is 4.68 Å². The Kier molecular flexibility index (Phi) is 5.77. The van der Waals surface area contributed by atoms with E-state index in [2.05, 4.69) is 33.1 Å². The molecule has 154 valence electrons. The Balaban J connectivity index is 1.44. The van der Waals surface area contributed by atoms with Crippen LogP contribution in [0.1, 0.15) is 31.7 Å². The maximum Gasteiger partial charge on any atom is 0.243 e. The number of nitrogens with zero attached hydrogens (tertiary/aromatic N) is 5. The van der Waals surface area contributed by atoms with E-state index in [9.17, 15) is 9.59 Å². The van der Waals surface area contributed by atoms with Gasteiger partial charge in [0.05, 0.1) is 11.7 Å². The highest BCUT2D eigenvalue weighted by Crippen LogP contribution is 2.24. The second kappa shape index (κ2) is 8.46. The topological polar surface area (TPSA) is 105 Å². The predicted octanol–water partition coefficient (Wildman–Crippen LogP) is 0.921. The van der Waals surface area contributed by atoms with Gasteiger partial charge in [0.15, 0.2) is 0 Å². The minimum Gasteiger partial charge on any atom is -0.350 e. The summed E-state index contributed by atoms with van der Waals surface area (Å²) in [5.41, 5.74) is 1.53. The van der Waals surface area contributed by atoms with Crippen LogP contribution in [0.2, 0.25) is 5.02 Å². The van der Waals surface area contributed by atoms with Crippen molar-refractivity contribution >= 4 is 23.4 Å². The van der Waals surface area contributed by atoms with Crippen LogP contribution in [-0.4, -0.2) is 62.1 Å². The lowest BCUT2D eigenvalue weighted by Crippen LogP contribution is -2.52. The molecular formula is C19H24ClN7O2. The van der Waals surface area contributed by atoms with Gasteiger partial charge in [-0.1, -0.05) is 18.5 Å². The largest absolute Gasteiger partial charge is 0.350 e. The normalized spacial score (nSPS) is 24.1. The fourth-order valence-corrected chi connectivity index (χ4v) is 4.33. The van der Waals surface area contributed by atoms with Crippen LogP contribution in [0.4, 0.5) is 0 Å². The number of carbonyl (C=O) groups is 2. The lowest BCUT2D eigenvalue weighted by atomic mass is 10.0. The quantitative estimate of drug-likeness (QED) is 0.749. The van der Waals surface area contributed by atoms with Crippen molar-refractivity contribution in [1.82, 2.24) is 35.7 Å². The van der Waals surface area contributed by atoms with E-state index in [1.165, 1.54) is 11.0 Å². The highest BCUT2D eigenvalue weighted by molar-refractivity contribution is 6.30. The number of nitrogens with one attached hydrogen (secondary N) is 2. The molecule has 3 heterocycles. The van der Waals surface area contributed by atoms with Crippen LogP contribution in [0, 0.1) is 5.92 Å². The third kappa shape index (κ3) is 4.11. The number of hydrogen-bond acceptors (Lipinski definition) is 6. The zero-order valence-corrected chi connectivity index (χ0v) is 17.0. The molecule has 1 aromatic carbocycles. The fraction of sp³-hybridized carbons (Fsp3) is 0.526. The van der Waals surface area contributed by atoms with Crippen molar-refractivity contribution in [3.8, 4) is 5.69 Å². The molecule has 2 aromatic rings. The van der Waals surface area contributed by atoms with Crippen LogP contribution in [-0.2, 0) is 16.1 Å². The van der Waals surface area contributed by atoms with Crippen LogP contribution in [0.25, 0.3) is 5.69 Å². The number of halogens is 1. The summed E-state index contributed by atoms with van der Waals surface area (Å²) in [6, 6.07) is 4.70. The summed E-state index contributed by atoms with van der Waals surface area (Å²) >= 11 is 6.14. The van der Waals surface area contributed by atoms with Gasteiger partial charge < -0.3 is 15.5 Å². The van der Waals surface area contributed by atoms with Gasteiger partial charge in [-0.2, -0.15) is 0 Å². The molecule has 2 aliphatic heterocycles. The number of rotatable bonds is 5. The smallest absolute Gasteiger partial charge is 0.243 e. The maximum atomic E-state index is 12.9. The molecule has 3 atom stereocenters.